The van der Waals surface area contributed by atoms with Crippen molar-refractivity contribution in [1.82, 2.24) is 24.7 Å². The summed E-state index contributed by atoms with van der Waals surface area (Å²) in [5, 5.41) is 18.2. The molecule has 3 aromatic heterocycles. The van der Waals surface area contributed by atoms with Gasteiger partial charge in [0, 0.05) is 55.5 Å². The van der Waals surface area contributed by atoms with Crippen LogP contribution >= 0.6 is 0 Å². The lowest BCUT2D eigenvalue weighted by Crippen LogP contribution is -2.38. The smallest absolute Gasteiger partial charge is 0.168 e. The molecule has 39 heavy (non-hydrogen) atoms. The molecule has 2 atom stereocenters. The highest BCUT2D eigenvalue weighted by atomic mass is 19.1. The summed E-state index contributed by atoms with van der Waals surface area (Å²) in [4.78, 5) is 15.6. The van der Waals surface area contributed by atoms with E-state index in [-0.39, 0.29) is 17.4 Å². The van der Waals surface area contributed by atoms with Crippen molar-refractivity contribution < 1.29 is 19.0 Å². The number of benzene rings is 1. The Hall–Kier alpha value is -4.09. The van der Waals surface area contributed by atoms with Gasteiger partial charge in [-0.25, -0.2) is 19.3 Å². The van der Waals surface area contributed by atoms with E-state index >= 15 is 0 Å². The van der Waals surface area contributed by atoms with E-state index in [0.29, 0.717) is 30.5 Å². The number of aliphatic hydroxyl groups is 1. The highest BCUT2D eigenvalue weighted by molar-refractivity contribution is 5.80. The van der Waals surface area contributed by atoms with Gasteiger partial charge in [-0.05, 0) is 37.5 Å². The van der Waals surface area contributed by atoms with Gasteiger partial charge in [-0.3, -0.25) is 4.68 Å². The van der Waals surface area contributed by atoms with Gasteiger partial charge in [0.05, 0.1) is 43.3 Å². The largest absolute Gasteiger partial charge is 0.496 e. The predicted molar refractivity (Wildman–Crippen MR) is 145 cm³/mol. The van der Waals surface area contributed by atoms with E-state index in [0.717, 1.165) is 49.2 Å². The van der Waals surface area contributed by atoms with Crippen molar-refractivity contribution in [2.75, 3.05) is 43.6 Å². The van der Waals surface area contributed by atoms with E-state index in [9.17, 15) is 9.50 Å². The number of aliphatic hydroxyl groups excluding tert-OH is 1. The third-order valence-electron chi connectivity index (χ3n) is 7.14. The molecular formula is C28H30FN7O3. The fourth-order valence-electron chi connectivity index (χ4n) is 5.15. The van der Waals surface area contributed by atoms with Crippen LogP contribution in [0.15, 0.2) is 55.1 Å². The molecule has 2 saturated heterocycles. The number of nitrogens with one attached hydrogen (secondary N) is 1. The van der Waals surface area contributed by atoms with E-state index in [1.54, 1.807) is 24.4 Å². The van der Waals surface area contributed by atoms with Gasteiger partial charge < -0.3 is 24.8 Å². The van der Waals surface area contributed by atoms with Gasteiger partial charge in [0.2, 0.25) is 0 Å². The molecule has 2 aliphatic rings. The number of methoxy groups -OCH3 is 1. The maximum Gasteiger partial charge on any atom is 0.168 e. The highest BCUT2D eigenvalue weighted by Gasteiger charge is 2.24. The van der Waals surface area contributed by atoms with Crippen molar-refractivity contribution >= 4 is 17.3 Å². The topological polar surface area (TPSA) is 110 Å². The summed E-state index contributed by atoms with van der Waals surface area (Å²) in [6.07, 6.45) is 9.48. The molecule has 0 radical (unpaired) electrons. The molecule has 0 amide bonds. The van der Waals surface area contributed by atoms with Crippen LogP contribution in [0.5, 0.6) is 5.75 Å². The third kappa shape index (κ3) is 5.27. The Bertz CT molecular complexity index is 1460. The molecule has 5 heterocycles. The zero-order chi connectivity index (χ0) is 26.8. The number of nitrogens with zero attached hydrogens (tertiary/aromatic N) is 6. The van der Waals surface area contributed by atoms with E-state index in [2.05, 4.69) is 30.3 Å². The molecule has 2 fully saturated rings. The van der Waals surface area contributed by atoms with Crippen molar-refractivity contribution in [3.63, 3.8) is 0 Å². The van der Waals surface area contributed by atoms with Gasteiger partial charge in [-0.15, -0.1) is 0 Å². The fraction of sp³-hybridized carbons (Fsp3) is 0.357. The number of ether oxygens (including phenoxy) is 2. The number of piperidine rings is 1. The summed E-state index contributed by atoms with van der Waals surface area (Å²) < 4.78 is 27.5. The normalized spacial score (nSPS) is 19.3. The SMILES string of the molecule is COc1cccc(F)c1-c1nccc(Nc2cc(N3CCC[C@H](O)C3)c(-c3cnn(C4CCOC4)c3)cn2)n1. The summed E-state index contributed by atoms with van der Waals surface area (Å²) in [6.45, 7) is 2.76. The number of halogens is 1. The molecule has 2 N–H and O–H groups in total. The lowest BCUT2D eigenvalue weighted by Gasteiger charge is -2.33. The molecule has 6 rings (SSSR count). The lowest BCUT2D eigenvalue weighted by molar-refractivity contribution is 0.154. The zero-order valence-corrected chi connectivity index (χ0v) is 21.6. The second kappa shape index (κ2) is 11.0. The lowest BCUT2D eigenvalue weighted by atomic mass is 10.0. The number of pyridine rings is 1. The van der Waals surface area contributed by atoms with Crippen molar-refractivity contribution in [3.8, 4) is 28.3 Å². The Kier molecular flexibility index (Phi) is 7.08. The fourth-order valence-corrected chi connectivity index (χ4v) is 5.15. The minimum atomic E-state index is -0.468. The summed E-state index contributed by atoms with van der Waals surface area (Å²) in [5.41, 5.74) is 3.02. The molecule has 0 bridgehead atoms. The van der Waals surface area contributed by atoms with Gasteiger partial charge in [0.1, 0.15) is 23.2 Å². The van der Waals surface area contributed by atoms with Crippen molar-refractivity contribution in [1.29, 1.82) is 0 Å². The first kappa shape index (κ1) is 25.2. The van der Waals surface area contributed by atoms with Crippen LogP contribution in [-0.2, 0) is 4.74 Å². The highest BCUT2D eigenvalue weighted by Crippen LogP contribution is 2.36. The van der Waals surface area contributed by atoms with Crippen LogP contribution in [0.4, 0.5) is 21.7 Å². The average molecular weight is 532 g/mol. The molecule has 0 saturated carbocycles. The Morgan fingerprint density at radius 2 is 2.08 bits per heavy atom. The number of β-amino-alcohol motifs (C(OH)–C–C–N with tert-alkyl or cyclic N) is 1. The van der Waals surface area contributed by atoms with Crippen LogP contribution in [-0.4, -0.2) is 69.4 Å². The molecule has 1 unspecified atom stereocenters. The molecule has 4 aromatic rings. The van der Waals surface area contributed by atoms with E-state index < -0.39 is 11.9 Å². The molecule has 10 nitrogen and oxygen atoms in total. The van der Waals surface area contributed by atoms with Gasteiger partial charge >= 0.3 is 0 Å². The van der Waals surface area contributed by atoms with Crippen LogP contribution in [0.25, 0.3) is 22.5 Å². The van der Waals surface area contributed by atoms with Gasteiger partial charge in [-0.1, -0.05) is 6.07 Å². The summed E-state index contributed by atoms with van der Waals surface area (Å²) in [5.74, 6) is 1.11. The van der Waals surface area contributed by atoms with Gasteiger partial charge in [-0.2, -0.15) is 5.10 Å². The maximum absolute atomic E-state index is 14.6. The molecule has 1 aromatic carbocycles. The van der Waals surface area contributed by atoms with Gasteiger partial charge in [0.25, 0.3) is 0 Å². The van der Waals surface area contributed by atoms with E-state index in [1.807, 2.05) is 29.3 Å². The first-order chi connectivity index (χ1) is 19.1. The number of hydrogen-bond acceptors (Lipinski definition) is 9. The van der Waals surface area contributed by atoms with Crippen LogP contribution < -0.4 is 15.0 Å². The predicted octanol–water partition coefficient (Wildman–Crippen LogP) is 4.22. The van der Waals surface area contributed by atoms with Crippen molar-refractivity contribution in [3.05, 3.63) is 60.9 Å². The number of aromatic nitrogens is 5. The second-order valence-corrected chi connectivity index (χ2v) is 9.76. The average Bonchev–Trinajstić information content (AvgIpc) is 3.66. The first-order valence-electron chi connectivity index (χ1n) is 13.1. The Balaban J connectivity index is 1.33. The number of rotatable bonds is 7. The monoisotopic (exact) mass is 531 g/mol. The van der Waals surface area contributed by atoms with Crippen LogP contribution in [0.2, 0.25) is 0 Å². The van der Waals surface area contributed by atoms with E-state index in [1.165, 1.54) is 13.2 Å². The Morgan fingerprint density at radius 3 is 2.90 bits per heavy atom. The molecule has 11 heteroatoms. The number of hydrogen-bond donors (Lipinski definition) is 2. The quantitative estimate of drug-likeness (QED) is 0.362. The molecule has 0 aliphatic carbocycles. The van der Waals surface area contributed by atoms with Crippen LogP contribution in [0, 0.1) is 5.82 Å². The summed E-state index contributed by atoms with van der Waals surface area (Å²) in [6, 6.07) is 8.48. The van der Waals surface area contributed by atoms with Crippen molar-refractivity contribution in [2.45, 2.75) is 31.4 Å². The van der Waals surface area contributed by atoms with Crippen LogP contribution in [0.3, 0.4) is 0 Å². The van der Waals surface area contributed by atoms with Gasteiger partial charge in [0.15, 0.2) is 5.82 Å². The Morgan fingerprint density at radius 1 is 1.15 bits per heavy atom. The number of anilines is 3. The van der Waals surface area contributed by atoms with Crippen molar-refractivity contribution in [2.24, 2.45) is 0 Å². The third-order valence-corrected chi connectivity index (χ3v) is 7.14. The Labute approximate surface area is 225 Å². The summed E-state index contributed by atoms with van der Waals surface area (Å²) in [7, 11) is 1.48. The minimum absolute atomic E-state index is 0.194. The standard InChI is InChI=1S/C28H30FN7O3/c1-38-24-6-2-5-22(29)27(24)28-30-9-7-25(34-28)33-26-12-23(35-10-3-4-20(37)16-35)21(14-31-26)18-13-32-36(15-18)19-8-11-39-17-19/h2,5-7,9,12-15,19-20,37H,3-4,8,10-11,16-17H2,1H3,(H,30,31,33,34)/t19?,20-/m0/s1. The summed E-state index contributed by atoms with van der Waals surface area (Å²) >= 11 is 0. The van der Waals surface area contributed by atoms with Crippen LogP contribution in [0.1, 0.15) is 25.3 Å². The minimum Gasteiger partial charge on any atom is -0.496 e. The maximum atomic E-state index is 14.6. The molecule has 202 valence electrons. The molecule has 0 spiro atoms. The zero-order valence-electron chi connectivity index (χ0n) is 21.6. The first-order valence-corrected chi connectivity index (χ1v) is 13.1. The molecular weight excluding hydrogens is 501 g/mol. The second-order valence-electron chi connectivity index (χ2n) is 9.76. The van der Waals surface area contributed by atoms with E-state index in [4.69, 9.17) is 9.47 Å². The molecule has 2 aliphatic heterocycles.